The molecule has 1 saturated carbocycles. The summed E-state index contributed by atoms with van der Waals surface area (Å²) in [5.74, 6) is 1.07. The molecule has 2 atom stereocenters. The van der Waals surface area contributed by atoms with Crippen LogP contribution in [0, 0.1) is 18.8 Å². The highest BCUT2D eigenvalue weighted by Crippen LogP contribution is 2.30. The molecule has 1 aliphatic rings. The summed E-state index contributed by atoms with van der Waals surface area (Å²) in [6.07, 6.45) is 3.24. The summed E-state index contributed by atoms with van der Waals surface area (Å²) in [6, 6.07) is 5.47. The number of rotatable bonds is 6. The monoisotopic (exact) mass is 311 g/mol. The van der Waals surface area contributed by atoms with Crippen LogP contribution in [0.2, 0.25) is 5.02 Å². The van der Waals surface area contributed by atoms with Crippen LogP contribution in [0.4, 0.5) is 0 Å². The number of halogens is 1. The van der Waals surface area contributed by atoms with Gasteiger partial charge in [-0.25, -0.2) is 0 Å². The first-order valence-corrected chi connectivity index (χ1v) is 7.74. The van der Waals surface area contributed by atoms with Crippen molar-refractivity contribution in [2.75, 3.05) is 19.8 Å². The highest BCUT2D eigenvalue weighted by molar-refractivity contribution is 6.32. The third-order valence-corrected chi connectivity index (χ3v) is 4.37. The normalized spacial score (nSPS) is 21.3. The van der Waals surface area contributed by atoms with Crippen molar-refractivity contribution in [3.63, 3.8) is 0 Å². The summed E-state index contributed by atoms with van der Waals surface area (Å²) in [4.78, 5) is 11.8. The van der Waals surface area contributed by atoms with Gasteiger partial charge in [0.15, 0.2) is 6.61 Å². The van der Waals surface area contributed by atoms with Crippen molar-refractivity contribution in [1.29, 1.82) is 0 Å². The summed E-state index contributed by atoms with van der Waals surface area (Å²) in [7, 11) is 0. The molecule has 0 aliphatic heterocycles. The van der Waals surface area contributed by atoms with E-state index in [2.05, 4.69) is 5.32 Å². The molecule has 0 saturated heterocycles. The Bertz CT molecular complexity index is 492. The largest absolute Gasteiger partial charge is 0.482 e. The number of aliphatic hydroxyl groups is 1. The standard InChI is InChI=1S/C16H22ClNO3/c1-11-5-6-14(17)15(7-11)21-10-16(20)18-8-12-3-2-4-13(12)9-19/h5-7,12-13,19H,2-4,8-10H2,1H3,(H,18,20). The van der Waals surface area contributed by atoms with E-state index in [0.717, 1.165) is 24.8 Å². The minimum Gasteiger partial charge on any atom is -0.482 e. The quantitative estimate of drug-likeness (QED) is 0.849. The molecule has 0 radical (unpaired) electrons. The first-order chi connectivity index (χ1) is 10.1. The van der Waals surface area contributed by atoms with Crippen LogP contribution in [0.5, 0.6) is 5.75 Å². The lowest BCUT2D eigenvalue weighted by atomic mass is 9.97. The van der Waals surface area contributed by atoms with E-state index in [1.807, 2.05) is 19.1 Å². The minimum absolute atomic E-state index is 0.0420. The van der Waals surface area contributed by atoms with Gasteiger partial charge in [-0.2, -0.15) is 0 Å². The highest BCUT2D eigenvalue weighted by atomic mass is 35.5. The number of aliphatic hydroxyl groups excluding tert-OH is 1. The van der Waals surface area contributed by atoms with Gasteiger partial charge in [0.25, 0.3) is 5.91 Å². The van der Waals surface area contributed by atoms with Gasteiger partial charge >= 0.3 is 0 Å². The van der Waals surface area contributed by atoms with E-state index < -0.39 is 0 Å². The number of carbonyl (C=O) groups is 1. The van der Waals surface area contributed by atoms with Crippen LogP contribution in [-0.4, -0.2) is 30.8 Å². The second kappa shape index (κ2) is 7.66. The van der Waals surface area contributed by atoms with Gasteiger partial charge in [-0.05, 0) is 49.3 Å². The van der Waals surface area contributed by atoms with E-state index in [1.54, 1.807) is 6.07 Å². The van der Waals surface area contributed by atoms with Gasteiger partial charge in [-0.3, -0.25) is 4.79 Å². The summed E-state index contributed by atoms with van der Waals surface area (Å²) < 4.78 is 5.45. The van der Waals surface area contributed by atoms with Crippen LogP contribution < -0.4 is 10.1 Å². The Kier molecular flexibility index (Phi) is 5.88. The van der Waals surface area contributed by atoms with Crippen molar-refractivity contribution < 1.29 is 14.6 Å². The number of carbonyl (C=O) groups excluding carboxylic acids is 1. The number of hydrogen-bond donors (Lipinski definition) is 2. The van der Waals surface area contributed by atoms with Gasteiger partial charge in [0, 0.05) is 13.2 Å². The Hall–Kier alpha value is -1.26. The molecule has 5 heteroatoms. The fourth-order valence-electron chi connectivity index (χ4n) is 2.78. The number of benzene rings is 1. The average molecular weight is 312 g/mol. The van der Waals surface area contributed by atoms with Crippen LogP contribution in [0.1, 0.15) is 24.8 Å². The topological polar surface area (TPSA) is 58.6 Å². The molecule has 21 heavy (non-hydrogen) atoms. The molecule has 116 valence electrons. The Morgan fingerprint density at radius 1 is 1.43 bits per heavy atom. The summed E-state index contributed by atoms with van der Waals surface area (Å²) in [6.45, 7) is 2.71. The van der Waals surface area contributed by atoms with Gasteiger partial charge in [-0.1, -0.05) is 24.1 Å². The van der Waals surface area contributed by atoms with Crippen molar-refractivity contribution in [3.05, 3.63) is 28.8 Å². The Labute approximate surface area is 130 Å². The summed E-state index contributed by atoms with van der Waals surface area (Å²) in [5, 5.41) is 12.6. The smallest absolute Gasteiger partial charge is 0.257 e. The van der Waals surface area contributed by atoms with Crippen LogP contribution in [0.25, 0.3) is 0 Å². The molecule has 4 nitrogen and oxygen atoms in total. The number of ether oxygens (including phenoxy) is 1. The van der Waals surface area contributed by atoms with E-state index in [1.165, 1.54) is 0 Å². The lowest BCUT2D eigenvalue weighted by molar-refractivity contribution is -0.123. The third kappa shape index (κ3) is 4.61. The molecule has 0 aromatic heterocycles. The van der Waals surface area contributed by atoms with Gasteiger partial charge in [0.05, 0.1) is 5.02 Å². The molecule has 2 unspecified atom stereocenters. The maximum Gasteiger partial charge on any atom is 0.257 e. The van der Waals surface area contributed by atoms with Gasteiger partial charge < -0.3 is 15.2 Å². The predicted octanol–water partition coefficient (Wildman–Crippen LogP) is 2.55. The zero-order valence-electron chi connectivity index (χ0n) is 12.3. The minimum atomic E-state index is -0.156. The van der Waals surface area contributed by atoms with Gasteiger partial charge in [-0.15, -0.1) is 0 Å². The van der Waals surface area contributed by atoms with Gasteiger partial charge in [0.1, 0.15) is 5.75 Å². The molecule has 1 amide bonds. The van der Waals surface area contributed by atoms with E-state index in [9.17, 15) is 9.90 Å². The van der Waals surface area contributed by atoms with E-state index in [-0.39, 0.29) is 19.1 Å². The maximum absolute atomic E-state index is 11.8. The van der Waals surface area contributed by atoms with Crippen molar-refractivity contribution in [2.45, 2.75) is 26.2 Å². The first-order valence-electron chi connectivity index (χ1n) is 7.36. The molecule has 2 rings (SSSR count). The molecule has 1 aliphatic carbocycles. The molecular weight excluding hydrogens is 290 g/mol. The number of amides is 1. The van der Waals surface area contributed by atoms with Crippen LogP contribution in [0.15, 0.2) is 18.2 Å². The van der Waals surface area contributed by atoms with E-state index >= 15 is 0 Å². The number of hydrogen-bond acceptors (Lipinski definition) is 3. The van der Waals surface area contributed by atoms with Crippen LogP contribution in [0.3, 0.4) is 0 Å². The molecular formula is C16H22ClNO3. The van der Waals surface area contributed by atoms with Crippen LogP contribution in [-0.2, 0) is 4.79 Å². The number of nitrogens with one attached hydrogen (secondary N) is 1. The van der Waals surface area contributed by atoms with Crippen molar-refractivity contribution in [1.82, 2.24) is 5.32 Å². The molecule has 2 N–H and O–H groups in total. The molecule has 1 aromatic rings. The Balaban J connectivity index is 1.76. The average Bonchev–Trinajstić information content (AvgIpc) is 2.93. The zero-order valence-corrected chi connectivity index (χ0v) is 13.0. The molecule has 1 aromatic carbocycles. The molecule has 0 spiro atoms. The molecule has 0 bridgehead atoms. The SMILES string of the molecule is Cc1ccc(Cl)c(OCC(=O)NCC2CCCC2CO)c1. The van der Waals surface area contributed by atoms with Crippen molar-refractivity contribution in [3.8, 4) is 5.75 Å². The Morgan fingerprint density at radius 3 is 2.95 bits per heavy atom. The zero-order chi connectivity index (χ0) is 15.2. The fourth-order valence-corrected chi connectivity index (χ4v) is 2.96. The predicted molar refractivity (Wildman–Crippen MR) is 82.6 cm³/mol. The molecule has 0 heterocycles. The maximum atomic E-state index is 11.8. The second-order valence-electron chi connectivity index (χ2n) is 5.66. The lowest BCUT2D eigenvalue weighted by Crippen LogP contribution is -2.34. The first kappa shape index (κ1) is 16.1. The second-order valence-corrected chi connectivity index (χ2v) is 6.07. The summed E-state index contributed by atoms with van der Waals surface area (Å²) >= 11 is 6.01. The highest BCUT2D eigenvalue weighted by Gasteiger charge is 2.26. The lowest BCUT2D eigenvalue weighted by Gasteiger charge is -2.18. The fraction of sp³-hybridized carbons (Fsp3) is 0.562. The van der Waals surface area contributed by atoms with Gasteiger partial charge in [0.2, 0.25) is 0 Å². The molecule has 1 fully saturated rings. The third-order valence-electron chi connectivity index (χ3n) is 4.06. The number of aryl methyl sites for hydroxylation is 1. The van der Waals surface area contributed by atoms with E-state index in [0.29, 0.717) is 29.2 Å². The van der Waals surface area contributed by atoms with Crippen LogP contribution >= 0.6 is 11.6 Å². The summed E-state index contributed by atoms with van der Waals surface area (Å²) in [5.41, 5.74) is 1.03. The van der Waals surface area contributed by atoms with Crippen molar-refractivity contribution in [2.24, 2.45) is 11.8 Å². The Morgan fingerprint density at radius 2 is 2.19 bits per heavy atom. The van der Waals surface area contributed by atoms with E-state index in [4.69, 9.17) is 16.3 Å². The van der Waals surface area contributed by atoms with Crippen molar-refractivity contribution >= 4 is 17.5 Å².